The van der Waals surface area contributed by atoms with Gasteiger partial charge in [-0.05, 0) is 51.1 Å². The summed E-state index contributed by atoms with van der Waals surface area (Å²) in [5.74, 6) is 0.949. The molecule has 1 N–H and O–H groups in total. The van der Waals surface area contributed by atoms with Crippen LogP contribution in [0.4, 0.5) is 0 Å². The van der Waals surface area contributed by atoms with E-state index in [1.807, 2.05) is 0 Å². The fraction of sp³-hybridized carbons (Fsp3) is 1.00. The van der Waals surface area contributed by atoms with E-state index in [2.05, 4.69) is 24.1 Å². The smallest absolute Gasteiger partial charge is 0.0195 e. The highest BCUT2D eigenvalue weighted by Gasteiger charge is 2.26. The highest BCUT2D eigenvalue weighted by atomic mass is 15.2. The molecule has 2 heteroatoms. The summed E-state index contributed by atoms with van der Waals surface area (Å²) in [7, 11) is 0. The van der Waals surface area contributed by atoms with Crippen molar-refractivity contribution < 1.29 is 0 Å². The number of nitrogens with zero attached hydrogens (tertiary/aromatic N) is 1. The molecule has 100 valence electrons. The van der Waals surface area contributed by atoms with Gasteiger partial charge in [-0.2, -0.15) is 0 Å². The molecule has 2 fully saturated rings. The van der Waals surface area contributed by atoms with Crippen LogP contribution in [0.2, 0.25) is 0 Å². The number of rotatable bonds is 5. The van der Waals surface area contributed by atoms with Gasteiger partial charge < -0.3 is 5.32 Å². The van der Waals surface area contributed by atoms with Crippen LogP contribution in [-0.2, 0) is 0 Å². The largest absolute Gasteiger partial charge is 0.313 e. The van der Waals surface area contributed by atoms with Crippen molar-refractivity contribution in [3.05, 3.63) is 0 Å². The van der Waals surface area contributed by atoms with E-state index in [-0.39, 0.29) is 0 Å². The highest BCUT2D eigenvalue weighted by molar-refractivity contribution is 4.84. The molecule has 0 aromatic heterocycles. The van der Waals surface area contributed by atoms with E-state index in [1.54, 1.807) is 0 Å². The molecule has 1 aliphatic carbocycles. The molecule has 0 radical (unpaired) electrons. The van der Waals surface area contributed by atoms with E-state index in [1.165, 1.54) is 64.6 Å². The van der Waals surface area contributed by atoms with Crippen LogP contribution in [0, 0.1) is 5.92 Å². The summed E-state index contributed by atoms with van der Waals surface area (Å²) < 4.78 is 0. The van der Waals surface area contributed by atoms with Crippen molar-refractivity contribution in [1.29, 1.82) is 0 Å². The Kier molecular flexibility index (Phi) is 5.30. The monoisotopic (exact) mass is 238 g/mol. The molecule has 2 rings (SSSR count). The minimum atomic E-state index is 0.777. The molecule has 2 nitrogen and oxygen atoms in total. The Morgan fingerprint density at radius 2 is 2.06 bits per heavy atom. The van der Waals surface area contributed by atoms with E-state index >= 15 is 0 Å². The Bertz CT molecular complexity index is 211. The Morgan fingerprint density at radius 3 is 2.71 bits per heavy atom. The molecular formula is C15H30N2. The van der Waals surface area contributed by atoms with Gasteiger partial charge in [-0.3, -0.25) is 4.90 Å². The van der Waals surface area contributed by atoms with Crippen molar-refractivity contribution in [2.75, 3.05) is 19.6 Å². The zero-order valence-corrected chi connectivity index (χ0v) is 11.8. The topological polar surface area (TPSA) is 15.3 Å². The predicted octanol–water partition coefficient (Wildman–Crippen LogP) is 3.03. The third-order valence-electron chi connectivity index (χ3n) is 4.55. The summed E-state index contributed by atoms with van der Waals surface area (Å²) in [4.78, 5) is 2.79. The SMILES string of the molecule is CCCN(CC1CCCN1)C1CCCC(C)C1. The van der Waals surface area contributed by atoms with Crippen LogP contribution >= 0.6 is 0 Å². The van der Waals surface area contributed by atoms with Crippen molar-refractivity contribution in [1.82, 2.24) is 10.2 Å². The number of nitrogens with one attached hydrogen (secondary N) is 1. The molecule has 1 saturated carbocycles. The standard InChI is InChI=1S/C15H30N2/c1-3-10-17(12-14-7-5-9-16-14)15-8-4-6-13(2)11-15/h13-16H,3-12H2,1-2H3. The first-order chi connectivity index (χ1) is 8.29. The third kappa shape index (κ3) is 3.96. The summed E-state index contributed by atoms with van der Waals surface area (Å²) >= 11 is 0. The first-order valence-electron chi connectivity index (χ1n) is 7.77. The molecule has 3 atom stereocenters. The summed E-state index contributed by atoms with van der Waals surface area (Å²) in [5, 5.41) is 3.65. The first kappa shape index (κ1) is 13.4. The molecule has 0 amide bonds. The molecule has 3 unspecified atom stereocenters. The van der Waals surface area contributed by atoms with Gasteiger partial charge >= 0.3 is 0 Å². The van der Waals surface area contributed by atoms with Gasteiger partial charge in [0.25, 0.3) is 0 Å². The summed E-state index contributed by atoms with van der Waals surface area (Å²) in [5.41, 5.74) is 0. The number of hydrogen-bond acceptors (Lipinski definition) is 2. The minimum Gasteiger partial charge on any atom is -0.313 e. The molecule has 0 aromatic carbocycles. The summed E-state index contributed by atoms with van der Waals surface area (Å²) in [6.07, 6.45) is 9.86. The van der Waals surface area contributed by atoms with Crippen LogP contribution in [-0.4, -0.2) is 36.6 Å². The van der Waals surface area contributed by atoms with Crippen molar-refractivity contribution in [3.63, 3.8) is 0 Å². The lowest BCUT2D eigenvalue weighted by atomic mass is 9.86. The third-order valence-corrected chi connectivity index (χ3v) is 4.55. The molecule has 1 aliphatic heterocycles. The molecule has 1 heterocycles. The molecule has 17 heavy (non-hydrogen) atoms. The summed E-state index contributed by atoms with van der Waals surface area (Å²) in [6, 6.07) is 1.65. The van der Waals surface area contributed by atoms with Crippen molar-refractivity contribution in [3.8, 4) is 0 Å². The molecular weight excluding hydrogens is 208 g/mol. The minimum absolute atomic E-state index is 0.777. The van der Waals surface area contributed by atoms with Crippen LogP contribution in [0.1, 0.15) is 58.8 Å². The number of hydrogen-bond donors (Lipinski definition) is 1. The van der Waals surface area contributed by atoms with Crippen molar-refractivity contribution >= 4 is 0 Å². The molecule has 0 spiro atoms. The normalized spacial score (nSPS) is 34.4. The second-order valence-electron chi connectivity index (χ2n) is 6.21. The van der Waals surface area contributed by atoms with E-state index in [0.717, 1.165) is 18.0 Å². The Labute approximate surface area is 107 Å². The van der Waals surface area contributed by atoms with Crippen molar-refractivity contribution in [2.24, 2.45) is 5.92 Å². The van der Waals surface area contributed by atoms with Crippen molar-refractivity contribution in [2.45, 2.75) is 70.9 Å². The highest BCUT2D eigenvalue weighted by Crippen LogP contribution is 2.28. The average molecular weight is 238 g/mol. The molecule has 2 aliphatic rings. The van der Waals surface area contributed by atoms with Gasteiger partial charge in [-0.1, -0.05) is 26.7 Å². The van der Waals surface area contributed by atoms with Crippen LogP contribution < -0.4 is 5.32 Å². The Morgan fingerprint density at radius 1 is 1.18 bits per heavy atom. The maximum atomic E-state index is 3.65. The fourth-order valence-corrected chi connectivity index (χ4v) is 3.64. The van der Waals surface area contributed by atoms with E-state index in [9.17, 15) is 0 Å². The van der Waals surface area contributed by atoms with Gasteiger partial charge in [0.2, 0.25) is 0 Å². The second-order valence-corrected chi connectivity index (χ2v) is 6.21. The van der Waals surface area contributed by atoms with Crippen LogP contribution in [0.25, 0.3) is 0 Å². The Hall–Kier alpha value is -0.0800. The predicted molar refractivity (Wildman–Crippen MR) is 74.3 cm³/mol. The van der Waals surface area contributed by atoms with Gasteiger partial charge in [0.1, 0.15) is 0 Å². The quantitative estimate of drug-likeness (QED) is 0.792. The lowest BCUT2D eigenvalue weighted by molar-refractivity contribution is 0.124. The van der Waals surface area contributed by atoms with Gasteiger partial charge in [0.15, 0.2) is 0 Å². The van der Waals surface area contributed by atoms with Crippen LogP contribution in [0.3, 0.4) is 0 Å². The molecule has 1 saturated heterocycles. The second kappa shape index (κ2) is 6.75. The zero-order valence-electron chi connectivity index (χ0n) is 11.8. The van der Waals surface area contributed by atoms with Crippen LogP contribution in [0.15, 0.2) is 0 Å². The maximum absolute atomic E-state index is 3.65. The van der Waals surface area contributed by atoms with Gasteiger partial charge in [-0.25, -0.2) is 0 Å². The lowest BCUT2D eigenvalue weighted by Gasteiger charge is -2.38. The van der Waals surface area contributed by atoms with Gasteiger partial charge in [0, 0.05) is 18.6 Å². The molecule has 0 bridgehead atoms. The lowest BCUT2D eigenvalue weighted by Crippen LogP contribution is -2.45. The summed E-state index contributed by atoms with van der Waals surface area (Å²) in [6.45, 7) is 8.60. The van der Waals surface area contributed by atoms with E-state index < -0.39 is 0 Å². The first-order valence-corrected chi connectivity index (χ1v) is 7.77. The van der Waals surface area contributed by atoms with Gasteiger partial charge in [0.05, 0.1) is 0 Å². The maximum Gasteiger partial charge on any atom is 0.0195 e. The molecule has 0 aromatic rings. The van der Waals surface area contributed by atoms with E-state index in [0.29, 0.717) is 0 Å². The van der Waals surface area contributed by atoms with E-state index in [4.69, 9.17) is 0 Å². The zero-order chi connectivity index (χ0) is 12.1. The Balaban J connectivity index is 1.85. The van der Waals surface area contributed by atoms with Gasteiger partial charge in [-0.15, -0.1) is 0 Å². The van der Waals surface area contributed by atoms with Crippen LogP contribution in [0.5, 0.6) is 0 Å². The average Bonchev–Trinajstić information content (AvgIpc) is 2.81. The fourth-order valence-electron chi connectivity index (χ4n) is 3.64.